The van der Waals surface area contributed by atoms with Crippen LogP contribution in [0, 0.1) is 20.8 Å². The van der Waals surface area contributed by atoms with Crippen LogP contribution in [-0.4, -0.2) is 154 Å². The fraction of sp³-hybridized carbons (Fsp3) is 0.389. The third-order valence-corrected chi connectivity index (χ3v) is 12.0. The van der Waals surface area contributed by atoms with Gasteiger partial charge in [-0.3, -0.25) is 61.3 Å². The molecule has 6 heterocycles. The van der Waals surface area contributed by atoms with Crippen molar-refractivity contribution in [1.29, 1.82) is 0 Å². The van der Waals surface area contributed by atoms with Crippen LogP contribution in [0.4, 0.5) is 17.8 Å². The quantitative estimate of drug-likeness (QED) is 0.0264. The van der Waals surface area contributed by atoms with Crippen molar-refractivity contribution in [2.75, 3.05) is 76.6 Å². The molecule has 9 rings (SSSR count). The Bertz CT molecular complexity index is 3720. The normalized spacial score (nSPS) is 10.9. The number of aryl methyl sites for hydroxylation is 3. The third-order valence-electron chi connectivity index (χ3n) is 12.0. The summed E-state index contributed by atoms with van der Waals surface area (Å²) in [6.45, 7) is 11.0. The second kappa shape index (κ2) is 31.4. The molecule has 0 spiro atoms. The van der Waals surface area contributed by atoms with Crippen LogP contribution in [0.1, 0.15) is 75.8 Å². The summed E-state index contributed by atoms with van der Waals surface area (Å²) < 4.78 is 19.6. The van der Waals surface area contributed by atoms with Crippen molar-refractivity contribution in [3.05, 3.63) is 90.3 Å². The molecular formula is C54H69N21O9. The number of nitrogens with zero attached hydrogens (tertiary/aromatic N) is 12. The van der Waals surface area contributed by atoms with Crippen LogP contribution in [-0.2, 0) is 43.0 Å². The Morgan fingerprint density at radius 1 is 0.417 bits per heavy atom. The monoisotopic (exact) mass is 1160 g/mol. The van der Waals surface area contributed by atoms with Gasteiger partial charge in [-0.2, -0.15) is 13.5 Å². The number of anilines is 3. The lowest BCUT2D eigenvalue weighted by Gasteiger charge is -2.10. The number of nitrogens with one attached hydrogen (secondary N) is 9. The average molecular weight is 1160 g/mol. The summed E-state index contributed by atoms with van der Waals surface area (Å²) in [6, 6.07) is 22.7. The van der Waals surface area contributed by atoms with Crippen LogP contribution in [0.2, 0.25) is 0 Å². The molecule has 3 aromatic carbocycles. The molecule has 0 aliphatic heterocycles. The van der Waals surface area contributed by atoms with Gasteiger partial charge in [0.05, 0.1) is 23.2 Å². The number of carbonyl (C=O) groups is 6. The fourth-order valence-electron chi connectivity index (χ4n) is 8.01. The lowest BCUT2D eigenvalue weighted by molar-refractivity contribution is -0.126. The maximum atomic E-state index is 12.1. The third kappa shape index (κ3) is 17.8. The van der Waals surface area contributed by atoms with Crippen LogP contribution in [0.5, 0.6) is 0 Å². The van der Waals surface area contributed by atoms with Crippen molar-refractivity contribution in [3.63, 3.8) is 0 Å². The van der Waals surface area contributed by atoms with Gasteiger partial charge in [0.15, 0.2) is 16.9 Å². The Hall–Kier alpha value is -9.81. The van der Waals surface area contributed by atoms with E-state index in [4.69, 9.17) is 14.2 Å². The van der Waals surface area contributed by atoms with Gasteiger partial charge in [-0.05, 0) is 76.9 Å². The zero-order chi connectivity index (χ0) is 59.8. The van der Waals surface area contributed by atoms with E-state index in [1.165, 1.54) is 4.52 Å². The number of hydrogen-bond donors (Lipinski definition) is 9. The minimum absolute atomic E-state index is 0.0406. The first kappa shape index (κ1) is 61.8. The molecule has 0 aliphatic carbocycles. The van der Waals surface area contributed by atoms with E-state index >= 15 is 0 Å². The highest BCUT2D eigenvalue weighted by atomic mass is 16.5. The summed E-state index contributed by atoms with van der Waals surface area (Å²) in [5, 5.41) is 23.7. The van der Waals surface area contributed by atoms with Gasteiger partial charge in [-0.1, -0.05) is 36.4 Å². The molecule has 0 aliphatic rings. The Balaban J connectivity index is 0.000000181. The Morgan fingerprint density at radius 2 is 0.738 bits per heavy atom. The molecule has 0 fully saturated rings. The number of ether oxygens (including phenoxy) is 3. The largest absolute Gasteiger partial charge is 0.385 e. The molecule has 6 aromatic heterocycles. The summed E-state index contributed by atoms with van der Waals surface area (Å²) in [7, 11) is 3.16. The number of carbonyl (C=O) groups excluding carboxylic acids is 6. The van der Waals surface area contributed by atoms with E-state index in [1.807, 2.05) is 79.7 Å². The number of rotatable bonds is 27. The second-order valence-electron chi connectivity index (χ2n) is 18.5. The number of benzene rings is 3. The molecule has 84 heavy (non-hydrogen) atoms. The molecule has 0 saturated carbocycles. The molecule has 6 amide bonds. The summed E-state index contributed by atoms with van der Waals surface area (Å²) in [4.78, 5) is 98.0. The van der Waals surface area contributed by atoms with E-state index in [9.17, 15) is 28.8 Å². The lowest BCUT2D eigenvalue weighted by Crippen LogP contribution is -2.33. The topological polar surface area (TPSA) is 368 Å². The van der Waals surface area contributed by atoms with Crippen molar-refractivity contribution in [3.8, 4) is 0 Å². The van der Waals surface area contributed by atoms with E-state index in [0.717, 1.165) is 45.6 Å². The van der Waals surface area contributed by atoms with E-state index in [1.54, 1.807) is 44.0 Å². The van der Waals surface area contributed by atoms with E-state index in [-0.39, 0.29) is 74.0 Å². The molecule has 444 valence electrons. The van der Waals surface area contributed by atoms with Gasteiger partial charge in [0.2, 0.25) is 53.3 Å². The highest BCUT2D eigenvalue weighted by molar-refractivity contribution is 5.94. The number of methoxy groups -OCH3 is 2. The number of amides is 6. The molecular weight excluding hydrogens is 1090 g/mol. The first-order chi connectivity index (χ1) is 40.7. The van der Waals surface area contributed by atoms with Crippen molar-refractivity contribution < 1.29 is 43.0 Å². The maximum Gasteiger partial charge on any atom is 0.245 e. The number of aromatic nitrogens is 12. The van der Waals surface area contributed by atoms with Gasteiger partial charge < -0.3 is 30.2 Å². The maximum absolute atomic E-state index is 12.1. The molecule has 30 nitrogen and oxygen atoms in total. The van der Waals surface area contributed by atoms with Crippen molar-refractivity contribution >= 4 is 103 Å². The summed E-state index contributed by atoms with van der Waals surface area (Å²) in [6.07, 6.45) is 1.91. The van der Waals surface area contributed by atoms with Gasteiger partial charge >= 0.3 is 0 Å². The smallest absolute Gasteiger partial charge is 0.245 e. The van der Waals surface area contributed by atoms with Crippen molar-refractivity contribution in [2.24, 2.45) is 0 Å². The molecule has 9 N–H and O–H groups in total. The summed E-state index contributed by atoms with van der Waals surface area (Å²) >= 11 is 0. The van der Waals surface area contributed by atoms with Crippen LogP contribution >= 0.6 is 0 Å². The van der Waals surface area contributed by atoms with Crippen LogP contribution in [0.3, 0.4) is 0 Å². The molecule has 30 heteroatoms. The number of hydrazine groups is 3. The van der Waals surface area contributed by atoms with Gasteiger partial charge in [0.25, 0.3) is 0 Å². The predicted molar refractivity (Wildman–Crippen MR) is 311 cm³/mol. The van der Waals surface area contributed by atoms with Gasteiger partial charge in [0, 0.05) is 108 Å². The van der Waals surface area contributed by atoms with Crippen molar-refractivity contribution in [1.82, 2.24) is 91.0 Å². The van der Waals surface area contributed by atoms with E-state index in [2.05, 4.69) is 93.7 Å². The summed E-state index contributed by atoms with van der Waals surface area (Å²) in [5.41, 5.74) is 20.1. The van der Waals surface area contributed by atoms with Crippen LogP contribution in [0.25, 0.3) is 49.7 Å². The van der Waals surface area contributed by atoms with E-state index < -0.39 is 0 Å². The zero-order valence-corrected chi connectivity index (χ0v) is 47.6. The molecule has 9 aromatic rings. The minimum Gasteiger partial charge on any atom is -0.385 e. The SMILES string of the molecule is CCOCCCNC(=O)CCC(=O)NNc1nc2ccccc2c2nc(C)nn12.COCCCNC(=O)CCC(=O)NNc1nc2ccccc2c2nc(C)nn12.COCCNC(=O)CCC(=O)NNc1nc2ccccc2c2nc(C)nn12. The van der Waals surface area contributed by atoms with Crippen LogP contribution in [0.15, 0.2) is 72.8 Å². The Morgan fingerprint density at radius 3 is 1.08 bits per heavy atom. The van der Waals surface area contributed by atoms with Gasteiger partial charge in [-0.25, -0.2) is 29.9 Å². The minimum atomic E-state index is -0.336. The number of hydrogen-bond acceptors (Lipinski definition) is 21. The summed E-state index contributed by atoms with van der Waals surface area (Å²) in [5.74, 6) is 1.26. The second-order valence-corrected chi connectivity index (χ2v) is 18.5. The molecule has 0 bridgehead atoms. The van der Waals surface area contributed by atoms with Gasteiger partial charge in [0.1, 0.15) is 17.5 Å². The molecule has 0 atom stereocenters. The zero-order valence-electron chi connectivity index (χ0n) is 47.6. The molecule has 0 unspecified atom stereocenters. The number of fused-ring (bicyclic) bond motifs is 9. The lowest BCUT2D eigenvalue weighted by atomic mass is 10.2. The van der Waals surface area contributed by atoms with Crippen molar-refractivity contribution in [2.45, 2.75) is 79.1 Å². The van der Waals surface area contributed by atoms with Crippen LogP contribution < -0.4 is 48.5 Å². The first-order valence-electron chi connectivity index (χ1n) is 27.1. The number of para-hydroxylation sites is 3. The highest BCUT2D eigenvalue weighted by Gasteiger charge is 2.17. The first-order valence-corrected chi connectivity index (χ1v) is 27.1. The highest BCUT2D eigenvalue weighted by Crippen LogP contribution is 2.23. The molecule has 0 radical (unpaired) electrons. The van der Waals surface area contributed by atoms with E-state index in [0.29, 0.717) is 98.3 Å². The average Bonchev–Trinajstić information content (AvgIpc) is 2.04. The Labute approximate surface area is 481 Å². The molecule has 0 saturated heterocycles. The predicted octanol–water partition coefficient (Wildman–Crippen LogP) is 2.89. The standard InChI is InChI=1S/C19H25N7O3.C18H23N7O3.C17H21N7O3/c1-3-29-12-6-11-20-16(27)9-10-17(28)23-24-19-22-15-8-5-4-7-14(15)18-21-13(2)25-26(18)19;1-12-20-17-13-6-3-4-7-14(13)21-18(25(17)24-12)23-22-16(27)9-8-15(26)19-10-5-11-28-2;1-11-19-16-12-5-3-4-6-13(12)20-17(24(16)23-11)22-21-15(26)8-7-14(25)18-9-10-27-2/h4-5,7-8H,3,6,9-12H2,1-2H3,(H,20,27)(H,22,24)(H,23,28);3-4,6-7H,5,8-11H2,1-2H3,(H,19,26)(H,21,23)(H,22,27);3-6H,7-10H2,1-2H3,(H,18,25)(H,20,22)(H,21,26). The Kier molecular flexibility index (Phi) is 23.1. The fourth-order valence-corrected chi connectivity index (χ4v) is 8.01. The van der Waals surface area contributed by atoms with Gasteiger partial charge in [-0.15, -0.1) is 15.3 Å².